The molecule has 2 heterocycles. The topological polar surface area (TPSA) is 134 Å². The molecule has 5 rings (SSSR count). The van der Waals surface area contributed by atoms with E-state index in [1.54, 1.807) is 67.9 Å². The van der Waals surface area contributed by atoms with Gasteiger partial charge in [0.05, 0.1) is 24.4 Å². The first-order chi connectivity index (χ1) is 20.7. The second-order valence-electron chi connectivity index (χ2n) is 10.1. The minimum atomic E-state index is -3.08. The van der Waals surface area contributed by atoms with E-state index in [9.17, 15) is 23.2 Å². The van der Waals surface area contributed by atoms with E-state index in [0.29, 0.717) is 22.6 Å². The molecule has 2 aliphatic rings. The molecular weight excluding hydrogens is 560 g/mol. The summed E-state index contributed by atoms with van der Waals surface area (Å²) in [5, 5.41) is 13.8. The lowest BCUT2D eigenvalue weighted by Crippen LogP contribution is -2.51. The summed E-state index contributed by atoms with van der Waals surface area (Å²) in [5.41, 5.74) is 2.51. The first-order valence-corrected chi connectivity index (χ1v) is 13.6. The first kappa shape index (κ1) is 29.5. The van der Waals surface area contributed by atoms with Crippen molar-refractivity contribution in [2.24, 2.45) is 0 Å². The maximum Gasteiger partial charge on any atom is 0.345 e. The van der Waals surface area contributed by atoms with E-state index in [-0.39, 0.29) is 24.2 Å². The van der Waals surface area contributed by atoms with Gasteiger partial charge < -0.3 is 25.0 Å². The SMILES string of the molecule is C[C@H](NC(=O)[C@@H]1C[C@@H](OC(F)F)CN1C(=O)CNC(=O)c1ccc(Oc2ccccc2)cc1)C1=Cc2cnccc2C1=N. The number of ether oxygens (including phenoxy) is 2. The first-order valence-electron chi connectivity index (χ1n) is 13.6. The molecule has 1 saturated heterocycles. The molecule has 0 saturated carbocycles. The van der Waals surface area contributed by atoms with Crippen LogP contribution in [0.3, 0.4) is 0 Å². The molecule has 12 heteroatoms. The van der Waals surface area contributed by atoms with Gasteiger partial charge >= 0.3 is 6.61 Å². The van der Waals surface area contributed by atoms with Gasteiger partial charge in [0, 0.05) is 47.6 Å². The van der Waals surface area contributed by atoms with Gasteiger partial charge in [-0.1, -0.05) is 18.2 Å². The fourth-order valence-corrected chi connectivity index (χ4v) is 5.10. The summed E-state index contributed by atoms with van der Waals surface area (Å²) in [5.74, 6) is -0.581. The highest BCUT2D eigenvalue weighted by atomic mass is 19.3. The number of benzene rings is 2. The summed E-state index contributed by atoms with van der Waals surface area (Å²) in [6, 6.07) is 15.4. The van der Waals surface area contributed by atoms with Crippen LogP contribution >= 0.6 is 0 Å². The molecule has 1 aliphatic carbocycles. The average molecular weight is 590 g/mol. The molecule has 3 atom stereocenters. The molecule has 43 heavy (non-hydrogen) atoms. The number of amides is 3. The molecule has 2 aromatic carbocycles. The Morgan fingerprint density at radius 1 is 1.07 bits per heavy atom. The number of hydrogen-bond donors (Lipinski definition) is 3. The zero-order chi connectivity index (χ0) is 30.5. The van der Waals surface area contributed by atoms with Gasteiger partial charge in [-0.25, -0.2) is 0 Å². The van der Waals surface area contributed by atoms with Crippen LogP contribution in [-0.2, 0) is 14.3 Å². The molecule has 0 radical (unpaired) electrons. The van der Waals surface area contributed by atoms with Crippen molar-refractivity contribution in [3.05, 3.63) is 95.3 Å². The third kappa shape index (κ3) is 6.92. The Labute approximate surface area is 246 Å². The maximum absolute atomic E-state index is 13.3. The number of pyridine rings is 1. The van der Waals surface area contributed by atoms with Gasteiger partial charge in [0.2, 0.25) is 11.8 Å². The normalized spacial score (nSPS) is 18.2. The lowest BCUT2D eigenvalue weighted by Gasteiger charge is -2.26. The summed E-state index contributed by atoms with van der Waals surface area (Å²) in [4.78, 5) is 44.4. The van der Waals surface area contributed by atoms with Crippen LogP contribution in [0.25, 0.3) is 6.08 Å². The fourth-order valence-electron chi connectivity index (χ4n) is 5.10. The molecule has 1 aromatic heterocycles. The van der Waals surface area contributed by atoms with Gasteiger partial charge in [-0.2, -0.15) is 8.78 Å². The van der Waals surface area contributed by atoms with E-state index in [1.165, 1.54) is 0 Å². The fraction of sp³-hybridized carbons (Fsp3) is 0.258. The highest BCUT2D eigenvalue weighted by molar-refractivity contribution is 6.20. The quantitative estimate of drug-likeness (QED) is 0.330. The number of para-hydroxylation sites is 1. The Morgan fingerprint density at radius 2 is 1.79 bits per heavy atom. The molecule has 0 bridgehead atoms. The van der Waals surface area contributed by atoms with E-state index in [1.807, 2.05) is 18.2 Å². The van der Waals surface area contributed by atoms with Crippen LogP contribution in [0, 0.1) is 5.41 Å². The van der Waals surface area contributed by atoms with Crippen LogP contribution in [0.1, 0.15) is 34.8 Å². The highest BCUT2D eigenvalue weighted by Gasteiger charge is 2.41. The number of carbonyl (C=O) groups excluding carboxylic acids is 3. The van der Waals surface area contributed by atoms with Gasteiger partial charge in [0.25, 0.3) is 5.91 Å². The Balaban J connectivity index is 1.20. The van der Waals surface area contributed by atoms with Crippen molar-refractivity contribution in [3.63, 3.8) is 0 Å². The minimum Gasteiger partial charge on any atom is -0.457 e. The number of carbonyl (C=O) groups is 3. The Kier molecular flexibility index (Phi) is 8.86. The molecule has 222 valence electrons. The second-order valence-corrected chi connectivity index (χ2v) is 10.1. The number of hydrogen-bond acceptors (Lipinski definition) is 7. The zero-order valence-corrected chi connectivity index (χ0v) is 23.1. The third-order valence-electron chi connectivity index (χ3n) is 7.22. The van der Waals surface area contributed by atoms with Crippen LogP contribution in [-0.4, -0.2) is 71.2 Å². The molecule has 10 nitrogen and oxygen atoms in total. The summed E-state index contributed by atoms with van der Waals surface area (Å²) in [7, 11) is 0. The second kappa shape index (κ2) is 12.9. The molecule has 1 aliphatic heterocycles. The molecular formula is C31H29F2N5O5. The van der Waals surface area contributed by atoms with Crippen molar-refractivity contribution >= 4 is 29.5 Å². The van der Waals surface area contributed by atoms with Crippen LogP contribution in [0.2, 0.25) is 0 Å². The standard InChI is InChI=1S/C31H29F2N5O5/c1-18(25-13-20-15-35-12-11-24(20)28(25)34)37-30(41)26-14-23(43-31(32)33)17-38(26)27(39)16-36-29(40)19-7-9-22(10-8-19)42-21-5-3-2-4-6-21/h2-13,15,18,23,26,31,34H,14,16-17H2,1H3,(H,36,40)(H,37,41)/t18-,23+,26-/m0/s1. The highest BCUT2D eigenvalue weighted by Crippen LogP contribution is 2.27. The summed E-state index contributed by atoms with van der Waals surface area (Å²) in [6.07, 6.45) is 3.74. The monoisotopic (exact) mass is 589 g/mol. The molecule has 1 fully saturated rings. The molecule has 0 spiro atoms. The van der Waals surface area contributed by atoms with Gasteiger partial charge in [0.1, 0.15) is 17.5 Å². The summed E-state index contributed by atoms with van der Waals surface area (Å²) >= 11 is 0. The Morgan fingerprint density at radius 3 is 2.49 bits per heavy atom. The zero-order valence-electron chi connectivity index (χ0n) is 23.1. The molecule has 0 unspecified atom stereocenters. The van der Waals surface area contributed by atoms with Crippen molar-refractivity contribution in [2.75, 3.05) is 13.1 Å². The van der Waals surface area contributed by atoms with Gasteiger partial charge in [-0.15, -0.1) is 0 Å². The number of nitrogens with zero attached hydrogens (tertiary/aromatic N) is 2. The van der Waals surface area contributed by atoms with E-state index in [4.69, 9.17) is 10.1 Å². The number of nitrogens with one attached hydrogen (secondary N) is 3. The number of halogens is 2. The van der Waals surface area contributed by atoms with Crippen LogP contribution < -0.4 is 15.4 Å². The predicted molar refractivity (Wildman–Crippen MR) is 153 cm³/mol. The largest absolute Gasteiger partial charge is 0.457 e. The van der Waals surface area contributed by atoms with E-state index < -0.39 is 49.1 Å². The maximum atomic E-state index is 13.3. The number of likely N-dealkylation sites (tertiary alicyclic amines) is 1. The van der Waals surface area contributed by atoms with Gasteiger partial charge in [0.15, 0.2) is 0 Å². The number of alkyl halides is 2. The van der Waals surface area contributed by atoms with Crippen molar-refractivity contribution in [1.29, 1.82) is 5.41 Å². The minimum absolute atomic E-state index is 0.147. The average Bonchev–Trinajstić information content (AvgIpc) is 3.57. The lowest BCUT2D eigenvalue weighted by atomic mass is 10.0. The van der Waals surface area contributed by atoms with E-state index >= 15 is 0 Å². The van der Waals surface area contributed by atoms with Crippen molar-refractivity contribution in [3.8, 4) is 11.5 Å². The molecule has 3 aromatic rings. The van der Waals surface area contributed by atoms with E-state index in [0.717, 1.165) is 10.5 Å². The number of aromatic nitrogens is 1. The smallest absolute Gasteiger partial charge is 0.345 e. The lowest BCUT2D eigenvalue weighted by molar-refractivity contribution is -0.160. The molecule has 3 N–H and O–H groups in total. The number of rotatable bonds is 10. The van der Waals surface area contributed by atoms with Crippen LogP contribution in [0.15, 0.2) is 78.6 Å². The summed E-state index contributed by atoms with van der Waals surface area (Å²) in [6.45, 7) is -2.08. The van der Waals surface area contributed by atoms with Crippen LogP contribution in [0.5, 0.6) is 11.5 Å². The molecule has 3 amide bonds. The van der Waals surface area contributed by atoms with Crippen molar-refractivity contribution in [2.45, 2.75) is 38.1 Å². The Hall–Kier alpha value is -4.97. The van der Waals surface area contributed by atoms with Crippen LogP contribution in [0.4, 0.5) is 8.78 Å². The third-order valence-corrected chi connectivity index (χ3v) is 7.22. The predicted octanol–water partition coefficient (Wildman–Crippen LogP) is 3.78. The van der Waals surface area contributed by atoms with Gasteiger partial charge in [-0.05, 0) is 55.5 Å². The van der Waals surface area contributed by atoms with Crippen molar-refractivity contribution in [1.82, 2.24) is 20.5 Å². The summed E-state index contributed by atoms with van der Waals surface area (Å²) < 4.78 is 36.3. The van der Waals surface area contributed by atoms with Crippen molar-refractivity contribution < 1.29 is 32.6 Å². The van der Waals surface area contributed by atoms with Gasteiger partial charge in [-0.3, -0.25) is 24.8 Å². The van der Waals surface area contributed by atoms with E-state index in [2.05, 4.69) is 20.4 Å². The number of fused-ring (bicyclic) bond motifs is 1. The Bertz CT molecular complexity index is 1550.